The van der Waals surface area contributed by atoms with Crippen LogP contribution in [0.3, 0.4) is 0 Å². The molecule has 0 N–H and O–H groups in total. The van der Waals surface area contributed by atoms with Crippen LogP contribution in [-0.4, -0.2) is 25.2 Å². The van der Waals surface area contributed by atoms with E-state index in [1.54, 1.807) is 12.2 Å². The molecule has 4 nitrogen and oxygen atoms in total. The molecule has 0 saturated heterocycles. The lowest BCUT2D eigenvalue weighted by molar-refractivity contribution is -0.153. The summed E-state index contributed by atoms with van der Waals surface area (Å²) in [6.07, 6.45) is 6.75. The van der Waals surface area contributed by atoms with Crippen molar-refractivity contribution >= 4 is 24.1 Å². The zero-order valence-electron chi connectivity index (χ0n) is 13.8. The van der Waals surface area contributed by atoms with E-state index in [2.05, 4.69) is 0 Å². The molecule has 0 bridgehead atoms. The van der Waals surface area contributed by atoms with Gasteiger partial charge in [0.15, 0.2) is 0 Å². The van der Waals surface area contributed by atoms with Crippen LogP contribution in [0.4, 0.5) is 0 Å². The summed E-state index contributed by atoms with van der Waals surface area (Å²) in [6, 6.07) is 19.3. The van der Waals surface area contributed by atoms with Crippen LogP contribution in [0.2, 0.25) is 0 Å². The summed E-state index contributed by atoms with van der Waals surface area (Å²) in [4.78, 5) is 23.1. The minimum absolute atomic E-state index is 0.120. The number of esters is 2. The van der Waals surface area contributed by atoms with Crippen molar-refractivity contribution in [2.45, 2.75) is 6.42 Å². The molecule has 0 aliphatic heterocycles. The van der Waals surface area contributed by atoms with E-state index in [-0.39, 0.29) is 13.2 Å². The van der Waals surface area contributed by atoms with Crippen LogP contribution < -0.4 is 0 Å². The van der Waals surface area contributed by atoms with E-state index in [0.717, 1.165) is 11.1 Å². The SMILES string of the molecule is O=C(CC(=O)OCC=Cc1ccccc1)OCC=Cc1ccccc1. The van der Waals surface area contributed by atoms with E-state index in [0.29, 0.717) is 0 Å². The number of hydrogen-bond donors (Lipinski definition) is 0. The Kier molecular flexibility index (Phi) is 7.72. The first-order valence-electron chi connectivity index (χ1n) is 7.98. The molecule has 2 aromatic carbocycles. The lowest BCUT2D eigenvalue weighted by Crippen LogP contribution is -2.14. The van der Waals surface area contributed by atoms with Gasteiger partial charge in [0.1, 0.15) is 19.6 Å². The van der Waals surface area contributed by atoms with Crippen LogP contribution >= 0.6 is 0 Å². The molecular weight excluding hydrogens is 316 g/mol. The number of carbonyl (C=O) groups is 2. The lowest BCUT2D eigenvalue weighted by atomic mass is 10.2. The Labute approximate surface area is 147 Å². The highest BCUT2D eigenvalue weighted by atomic mass is 16.6. The molecule has 2 rings (SSSR count). The van der Waals surface area contributed by atoms with Gasteiger partial charge in [0.25, 0.3) is 0 Å². The maximum absolute atomic E-state index is 11.5. The van der Waals surface area contributed by atoms with Gasteiger partial charge in [-0.25, -0.2) is 0 Å². The van der Waals surface area contributed by atoms with Crippen LogP contribution in [0.15, 0.2) is 72.8 Å². The summed E-state index contributed by atoms with van der Waals surface area (Å²) >= 11 is 0. The molecule has 0 fully saturated rings. The van der Waals surface area contributed by atoms with Crippen molar-refractivity contribution in [3.63, 3.8) is 0 Å². The number of rotatable bonds is 8. The predicted molar refractivity (Wildman–Crippen MR) is 97.5 cm³/mol. The van der Waals surface area contributed by atoms with E-state index in [1.807, 2.05) is 72.8 Å². The van der Waals surface area contributed by atoms with E-state index < -0.39 is 18.4 Å². The summed E-state index contributed by atoms with van der Waals surface area (Å²) in [5.41, 5.74) is 2.03. The third-order valence-corrected chi connectivity index (χ3v) is 3.19. The van der Waals surface area contributed by atoms with Crippen molar-refractivity contribution in [1.29, 1.82) is 0 Å². The molecule has 0 radical (unpaired) electrons. The van der Waals surface area contributed by atoms with Gasteiger partial charge in [0, 0.05) is 0 Å². The molecule has 0 aliphatic carbocycles. The van der Waals surface area contributed by atoms with Crippen molar-refractivity contribution in [1.82, 2.24) is 0 Å². The minimum Gasteiger partial charge on any atom is -0.461 e. The van der Waals surface area contributed by atoms with Gasteiger partial charge in [-0.3, -0.25) is 9.59 Å². The first kappa shape index (κ1) is 18.2. The van der Waals surface area contributed by atoms with E-state index in [1.165, 1.54) is 0 Å². The average Bonchev–Trinajstić information content (AvgIpc) is 2.64. The Morgan fingerprint density at radius 1 is 0.680 bits per heavy atom. The third kappa shape index (κ3) is 7.79. The smallest absolute Gasteiger partial charge is 0.317 e. The van der Waals surface area contributed by atoms with Gasteiger partial charge in [-0.2, -0.15) is 0 Å². The van der Waals surface area contributed by atoms with Crippen molar-refractivity contribution in [2.75, 3.05) is 13.2 Å². The Morgan fingerprint density at radius 2 is 1.08 bits per heavy atom. The zero-order chi connectivity index (χ0) is 17.7. The highest BCUT2D eigenvalue weighted by molar-refractivity contribution is 5.91. The summed E-state index contributed by atoms with van der Waals surface area (Å²) in [6.45, 7) is 0.240. The second-order valence-electron chi connectivity index (χ2n) is 5.17. The van der Waals surface area contributed by atoms with Crippen molar-refractivity contribution in [3.8, 4) is 0 Å². The fourth-order valence-electron chi connectivity index (χ4n) is 2.00. The number of ether oxygens (including phenoxy) is 2. The molecule has 25 heavy (non-hydrogen) atoms. The number of benzene rings is 2. The number of carbonyl (C=O) groups excluding carboxylic acids is 2. The Hall–Kier alpha value is -3.14. The van der Waals surface area contributed by atoms with Gasteiger partial charge >= 0.3 is 11.9 Å². The maximum atomic E-state index is 11.5. The van der Waals surface area contributed by atoms with Crippen LogP contribution in [0, 0.1) is 0 Å². The summed E-state index contributed by atoms with van der Waals surface area (Å²) in [7, 11) is 0. The lowest BCUT2D eigenvalue weighted by Gasteiger charge is -2.02. The first-order chi connectivity index (χ1) is 12.2. The molecule has 128 valence electrons. The Balaban J connectivity index is 1.60. The molecule has 2 aromatic rings. The molecule has 0 heterocycles. The Bertz CT molecular complexity index is 655. The molecule has 0 amide bonds. The quantitative estimate of drug-likeness (QED) is 0.542. The standard InChI is InChI=1S/C21H20O4/c22-20(24-15-7-13-18-9-3-1-4-10-18)17-21(23)25-16-8-14-19-11-5-2-6-12-19/h1-14H,15-17H2. The van der Waals surface area contributed by atoms with Gasteiger partial charge in [-0.1, -0.05) is 72.8 Å². The minimum atomic E-state index is -0.602. The fraction of sp³-hybridized carbons (Fsp3) is 0.143. The molecule has 0 unspecified atom stereocenters. The summed E-state index contributed by atoms with van der Waals surface area (Å²) in [5.74, 6) is -1.20. The molecule has 0 aliphatic rings. The van der Waals surface area contributed by atoms with Crippen molar-refractivity contribution in [2.24, 2.45) is 0 Å². The molecule has 0 atom stereocenters. The number of hydrogen-bond acceptors (Lipinski definition) is 4. The highest BCUT2D eigenvalue weighted by Crippen LogP contribution is 2.02. The van der Waals surface area contributed by atoms with Crippen LogP contribution in [0.5, 0.6) is 0 Å². The van der Waals surface area contributed by atoms with E-state index in [9.17, 15) is 9.59 Å². The first-order valence-corrected chi connectivity index (χ1v) is 7.98. The van der Waals surface area contributed by atoms with Gasteiger partial charge in [-0.05, 0) is 23.3 Å². The fourth-order valence-corrected chi connectivity index (χ4v) is 2.00. The molecule has 0 spiro atoms. The average molecular weight is 336 g/mol. The predicted octanol–water partition coefficient (Wildman–Crippen LogP) is 3.89. The monoisotopic (exact) mass is 336 g/mol. The van der Waals surface area contributed by atoms with Crippen LogP contribution in [0.25, 0.3) is 12.2 Å². The molecular formula is C21H20O4. The van der Waals surface area contributed by atoms with Gasteiger partial charge in [-0.15, -0.1) is 0 Å². The largest absolute Gasteiger partial charge is 0.461 e. The maximum Gasteiger partial charge on any atom is 0.317 e. The molecule has 0 saturated carbocycles. The second kappa shape index (κ2) is 10.6. The topological polar surface area (TPSA) is 52.6 Å². The van der Waals surface area contributed by atoms with Crippen molar-refractivity contribution in [3.05, 3.63) is 83.9 Å². The normalized spacial score (nSPS) is 10.9. The highest BCUT2D eigenvalue weighted by Gasteiger charge is 2.10. The van der Waals surface area contributed by atoms with Gasteiger partial charge in [0.05, 0.1) is 0 Å². The van der Waals surface area contributed by atoms with Crippen molar-refractivity contribution < 1.29 is 19.1 Å². The summed E-state index contributed by atoms with van der Waals surface area (Å²) < 4.78 is 9.93. The Morgan fingerprint density at radius 3 is 1.48 bits per heavy atom. The molecule has 4 heteroatoms. The zero-order valence-corrected chi connectivity index (χ0v) is 13.8. The summed E-state index contributed by atoms with van der Waals surface area (Å²) in [5, 5.41) is 0. The van der Waals surface area contributed by atoms with Crippen LogP contribution in [-0.2, 0) is 19.1 Å². The molecule has 0 aromatic heterocycles. The van der Waals surface area contributed by atoms with Gasteiger partial charge in [0.2, 0.25) is 0 Å². The van der Waals surface area contributed by atoms with E-state index >= 15 is 0 Å². The van der Waals surface area contributed by atoms with E-state index in [4.69, 9.17) is 9.47 Å². The third-order valence-electron chi connectivity index (χ3n) is 3.19. The second-order valence-corrected chi connectivity index (χ2v) is 5.17. The van der Waals surface area contributed by atoms with Crippen LogP contribution in [0.1, 0.15) is 17.5 Å². The van der Waals surface area contributed by atoms with Gasteiger partial charge < -0.3 is 9.47 Å².